The molecule has 0 aromatic carbocycles. The molecule has 0 unspecified atom stereocenters. The Labute approximate surface area is 117 Å². The van der Waals surface area contributed by atoms with E-state index < -0.39 is 0 Å². The van der Waals surface area contributed by atoms with E-state index in [-0.39, 0.29) is 0 Å². The summed E-state index contributed by atoms with van der Waals surface area (Å²) in [6.45, 7) is 5.17. The van der Waals surface area contributed by atoms with Gasteiger partial charge in [0.1, 0.15) is 5.75 Å². The maximum absolute atomic E-state index is 5.43. The molecular weight excluding hydrogens is 296 g/mol. The van der Waals surface area contributed by atoms with E-state index in [2.05, 4.69) is 32.9 Å². The normalized spacial score (nSPS) is 10.9. The van der Waals surface area contributed by atoms with Crippen molar-refractivity contribution in [3.05, 3.63) is 23.5 Å². The molecule has 0 bridgehead atoms. The molecule has 1 aromatic heterocycles. The predicted molar refractivity (Wildman–Crippen MR) is 76.5 cm³/mol. The van der Waals surface area contributed by atoms with E-state index in [4.69, 9.17) is 9.47 Å². The molecule has 0 saturated heterocycles. The first kappa shape index (κ1) is 15.4. The van der Waals surface area contributed by atoms with E-state index in [0.29, 0.717) is 0 Å². The summed E-state index contributed by atoms with van der Waals surface area (Å²) in [5, 5.41) is 0.882. The Morgan fingerprint density at radius 1 is 1.33 bits per heavy atom. The lowest BCUT2D eigenvalue weighted by Gasteiger charge is -2.16. The lowest BCUT2D eigenvalue weighted by atomic mass is 10.3. The second-order valence-corrected chi connectivity index (χ2v) is 4.97. The van der Waals surface area contributed by atoms with Gasteiger partial charge in [-0.25, -0.2) is 0 Å². The first-order valence-electron chi connectivity index (χ1n) is 5.99. The van der Waals surface area contributed by atoms with Crippen LogP contribution in [-0.2, 0) is 11.3 Å². The topological polar surface area (TPSA) is 34.6 Å². The minimum atomic E-state index is 0.741. The Bertz CT molecular complexity index is 361. The Kier molecular flexibility index (Phi) is 7.23. The fourth-order valence-corrected chi connectivity index (χ4v) is 1.86. The molecule has 18 heavy (non-hydrogen) atoms. The molecule has 4 nitrogen and oxygen atoms in total. The van der Waals surface area contributed by atoms with Crippen molar-refractivity contribution >= 4 is 15.9 Å². The number of methoxy groups -OCH3 is 1. The fraction of sp³-hybridized carbons (Fsp3) is 0.615. The van der Waals surface area contributed by atoms with Crippen LogP contribution in [0.2, 0.25) is 0 Å². The van der Waals surface area contributed by atoms with Gasteiger partial charge in [-0.1, -0.05) is 15.9 Å². The number of halogens is 1. The molecule has 0 aliphatic rings. The number of aromatic nitrogens is 1. The second-order valence-electron chi connectivity index (χ2n) is 4.18. The van der Waals surface area contributed by atoms with Crippen molar-refractivity contribution in [3.63, 3.8) is 0 Å². The quantitative estimate of drug-likeness (QED) is 0.544. The van der Waals surface area contributed by atoms with Crippen LogP contribution in [0.4, 0.5) is 0 Å². The molecule has 0 amide bonds. The maximum Gasteiger partial charge on any atom is 0.122 e. The third kappa shape index (κ3) is 5.80. The van der Waals surface area contributed by atoms with Crippen molar-refractivity contribution in [2.75, 3.05) is 39.2 Å². The number of nitrogens with zero attached hydrogens (tertiary/aromatic N) is 2. The highest BCUT2D eigenvalue weighted by molar-refractivity contribution is 9.09. The monoisotopic (exact) mass is 316 g/mol. The summed E-state index contributed by atoms with van der Waals surface area (Å²) in [6.07, 6.45) is 0. The lowest BCUT2D eigenvalue weighted by molar-refractivity contribution is 0.122. The van der Waals surface area contributed by atoms with E-state index in [1.807, 2.05) is 19.1 Å². The van der Waals surface area contributed by atoms with Gasteiger partial charge in [0.25, 0.3) is 0 Å². The average molecular weight is 317 g/mol. The first-order chi connectivity index (χ1) is 8.65. The van der Waals surface area contributed by atoms with Crippen LogP contribution in [0.3, 0.4) is 0 Å². The number of ether oxygens (including phenoxy) is 2. The SMILES string of the molecule is COc1cc(C)nc(CN(C)CCOCCBr)c1. The molecule has 1 rings (SSSR count). The van der Waals surface area contributed by atoms with Crippen LogP contribution in [0.25, 0.3) is 0 Å². The van der Waals surface area contributed by atoms with Crippen LogP contribution in [0.1, 0.15) is 11.4 Å². The largest absolute Gasteiger partial charge is 0.497 e. The van der Waals surface area contributed by atoms with E-state index >= 15 is 0 Å². The first-order valence-corrected chi connectivity index (χ1v) is 7.11. The summed E-state index contributed by atoms with van der Waals surface area (Å²) in [4.78, 5) is 6.69. The van der Waals surface area contributed by atoms with Gasteiger partial charge < -0.3 is 9.47 Å². The zero-order valence-corrected chi connectivity index (χ0v) is 12.9. The molecule has 0 fully saturated rings. The van der Waals surface area contributed by atoms with Crippen LogP contribution < -0.4 is 4.74 Å². The fourth-order valence-electron chi connectivity index (χ4n) is 1.63. The highest BCUT2D eigenvalue weighted by Crippen LogP contribution is 2.14. The summed E-state index contributed by atoms with van der Waals surface area (Å²) < 4.78 is 10.7. The molecule has 0 radical (unpaired) electrons. The minimum Gasteiger partial charge on any atom is -0.497 e. The summed E-state index contributed by atoms with van der Waals surface area (Å²) in [6, 6.07) is 3.91. The van der Waals surface area contributed by atoms with Gasteiger partial charge in [0.15, 0.2) is 0 Å². The van der Waals surface area contributed by atoms with Crippen molar-refractivity contribution < 1.29 is 9.47 Å². The highest BCUT2D eigenvalue weighted by Gasteiger charge is 2.04. The van der Waals surface area contributed by atoms with Crippen LogP contribution in [0, 0.1) is 6.92 Å². The van der Waals surface area contributed by atoms with Crippen LogP contribution in [-0.4, -0.2) is 49.1 Å². The average Bonchev–Trinajstić information content (AvgIpc) is 2.34. The smallest absolute Gasteiger partial charge is 0.122 e. The standard InChI is InChI=1S/C13H21BrN2O2/c1-11-8-13(17-3)9-12(15-11)10-16(2)5-7-18-6-4-14/h8-9H,4-7,10H2,1-3H3. The van der Waals surface area contributed by atoms with Crippen LogP contribution in [0.5, 0.6) is 5.75 Å². The zero-order chi connectivity index (χ0) is 13.4. The molecule has 0 atom stereocenters. The second kappa shape index (κ2) is 8.45. The van der Waals surface area contributed by atoms with E-state index in [0.717, 1.165) is 48.8 Å². The minimum absolute atomic E-state index is 0.741. The van der Waals surface area contributed by atoms with E-state index in [1.54, 1.807) is 7.11 Å². The molecule has 0 N–H and O–H groups in total. The van der Waals surface area contributed by atoms with Gasteiger partial charge in [-0.15, -0.1) is 0 Å². The van der Waals surface area contributed by atoms with Crippen molar-refractivity contribution in [2.45, 2.75) is 13.5 Å². The third-order valence-corrected chi connectivity index (χ3v) is 2.81. The van der Waals surface area contributed by atoms with Gasteiger partial charge in [-0.2, -0.15) is 0 Å². The molecule has 1 aromatic rings. The van der Waals surface area contributed by atoms with Crippen LogP contribution in [0.15, 0.2) is 12.1 Å². The predicted octanol–water partition coefficient (Wildman–Crippen LogP) is 2.24. The number of hydrogen-bond acceptors (Lipinski definition) is 4. The van der Waals surface area contributed by atoms with Crippen molar-refractivity contribution in [1.29, 1.82) is 0 Å². The summed E-state index contributed by atoms with van der Waals surface area (Å²) in [7, 11) is 3.74. The van der Waals surface area contributed by atoms with Gasteiger partial charge >= 0.3 is 0 Å². The number of pyridine rings is 1. The summed E-state index contributed by atoms with van der Waals surface area (Å²) in [5.41, 5.74) is 2.00. The van der Waals surface area contributed by atoms with E-state index in [1.165, 1.54) is 0 Å². The molecule has 0 saturated carbocycles. The number of aryl methyl sites for hydroxylation is 1. The Balaban J connectivity index is 2.43. The molecule has 5 heteroatoms. The number of hydrogen-bond donors (Lipinski definition) is 0. The molecule has 1 heterocycles. The summed E-state index contributed by atoms with van der Waals surface area (Å²) in [5.74, 6) is 0.862. The van der Waals surface area contributed by atoms with Gasteiger partial charge in [-0.05, 0) is 14.0 Å². The maximum atomic E-state index is 5.43. The molecule has 0 aliphatic carbocycles. The highest BCUT2D eigenvalue weighted by atomic mass is 79.9. The number of likely N-dealkylation sites (N-methyl/N-ethyl adjacent to an activating group) is 1. The van der Waals surface area contributed by atoms with Crippen molar-refractivity contribution in [1.82, 2.24) is 9.88 Å². The molecule has 0 aliphatic heterocycles. The summed E-state index contributed by atoms with van der Waals surface area (Å²) >= 11 is 3.33. The Morgan fingerprint density at radius 2 is 2.11 bits per heavy atom. The van der Waals surface area contributed by atoms with Crippen molar-refractivity contribution in [2.24, 2.45) is 0 Å². The zero-order valence-electron chi connectivity index (χ0n) is 11.3. The van der Waals surface area contributed by atoms with Gasteiger partial charge in [0.2, 0.25) is 0 Å². The van der Waals surface area contributed by atoms with Gasteiger partial charge in [-0.3, -0.25) is 9.88 Å². The van der Waals surface area contributed by atoms with Crippen molar-refractivity contribution in [3.8, 4) is 5.75 Å². The number of rotatable bonds is 8. The molecule has 102 valence electrons. The third-order valence-electron chi connectivity index (χ3n) is 2.49. The van der Waals surface area contributed by atoms with Gasteiger partial charge in [0.05, 0.1) is 26.0 Å². The number of alkyl halides is 1. The van der Waals surface area contributed by atoms with Crippen LogP contribution >= 0.6 is 15.9 Å². The molecular formula is C13H21BrN2O2. The Hall–Kier alpha value is -0.650. The van der Waals surface area contributed by atoms with Gasteiger partial charge in [0, 0.05) is 36.2 Å². The molecule has 0 spiro atoms. The Morgan fingerprint density at radius 3 is 2.78 bits per heavy atom. The van der Waals surface area contributed by atoms with E-state index in [9.17, 15) is 0 Å². The lowest BCUT2D eigenvalue weighted by Crippen LogP contribution is -2.23.